The van der Waals surface area contributed by atoms with Gasteiger partial charge in [0.15, 0.2) is 0 Å². The number of aliphatic hydroxyl groups is 3. The standard InChI is InChI=1S/C20H32O3/c1-11-6-7-14-17(11)18-13(10-16(22)20(14,18)5)12(2)15(21)8-9-19(3,4)23/h8-9,11,13-18,21-23H,2,6-7,10H2,1,3-5H3/b9-8+/t11-,13+,14+,15-,16-,17-,18+,20+/m1/s1. The topological polar surface area (TPSA) is 60.7 Å². The summed E-state index contributed by atoms with van der Waals surface area (Å²) in [4.78, 5) is 0. The second-order valence-corrected chi connectivity index (χ2v) is 9.02. The van der Waals surface area contributed by atoms with E-state index in [1.54, 1.807) is 26.0 Å². The summed E-state index contributed by atoms with van der Waals surface area (Å²) in [5, 5.41) is 31.0. The molecular weight excluding hydrogens is 288 g/mol. The highest BCUT2D eigenvalue weighted by Crippen LogP contribution is 2.73. The summed E-state index contributed by atoms with van der Waals surface area (Å²) in [6.45, 7) is 12.1. The maximum atomic E-state index is 10.7. The number of fused-ring (bicyclic) bond motifs is 4. The first kappa shape index (κ1) is 17.2. The zero-order valence-corrected chi connectivity index (χ0v) is 14.9. The summed E-state index contributed by atoms with van der Waals surface area (Å²) in [6.07, 6.45) is 5.43. The molecule has 3 nitrogen and oxygen atoms in total. The van der Waals surface area contributed by atoms with Crippen molar-refractivity contribution in [3.05, 3.63) is 24.3 Å². The zero-order valence-electron chi connectivity index (χ0n) is 14.9. The van der Waals surface area contributed by atoms with Crippen LogP contribution in [0.4, 0.5) is 0 Å². The first-order chi connectivity index (χ1) is 10.6. The van der Waals surface area contributed by atoms with E-state index >= 15 is 0 Å². The lowest BCUT2D eigenvalue weighted by Crippen LogP contribution is -2.57. The van der Waals surface area contributed by atoms with Gasteiger partial charge in [-0.2, -0.15) is 0 Å². The first-order valence-electron chi connectivity index (χ1n) is 9.04. The molecule has 0 unspecified atom stereocenters. The maximum absolute atomic E-state index is 10.7. The van der Waals surface area contributed by atoms with E-state index < -0.39 is 11.7 Å². The Bertz CT molecular complexity index is 517. The second kappa shape index (κ2) is 5.44. The molecule has 23 heavy (non-hydrogen) atoms. The fourth-order valence-electron chi connectivity index (χ4n) is 5.96. The number of hydrogen-bond donors (Lipinski definition) is 3. The lowest BCUT2D eigenvalue weighted by Gasteiger charge is -2.58. The third-order valence-corrected chi connectivity index (χ3v) is 7.16. The summed E-state index contributed by atoms with van der Waals surface area (Å²) < 4.78 is 0. The van der Waals surface area contributed by atoms with Crippen LogP contribution in [-0.2, 0) is 0 Å². The lowest BCUT2D eigenvalue weighted by atomic mass is 9.46. The Kier molecular flexibility index (Phi) is 4.06. The molecule has 3 rings (SSSR count). The summed E-state index contributed by atoms with van der Waals surface area (Å²) in [5.41, 5.74) is -0.134. The molecule has 3 saturated carbocycles. The van der Waals surface area contributed by atoms with Crippen LogP contribution in [0.5, 0.6) is 0 Å². The van der Waals surface area contributed by atoms with Crippen LogP contribution in [0.1, 0.15) is 47.0 Å². The Labute approximate surface area is 140 Å². The normalized spacial score (nSPS) is 47.3. The predicted molar refractivity (Wildman–Crippen MR) is 91.7 cm³/mol. The molecule has 0 aromatic heterocycles. The van der Waals surface area contributed by atoms with E-state index in [0.717, 1.165) is 5.57 Å². The van der Waals surface area contributed by atoms with Gasteiger partial charge in [0.2, 0.25) is 0 Å². The quantitative estimate of drug-likeness (QED) is 0.698. The molecule has 3 aliphatic carbocycles. The van der Waals surface area contributed by atoms with Crippen molar-refractivity contribution in [3.63, 3.8) is 0 Å². The molecule has 3 N–H and O–H groups in total. The Morgan fingerprint density at radius 2 is 2.00 bits per heavy atom. The Balaban J connectivity index is 1.78. The minimum atomic E-state index is -0.938. The van der Waals surface area contributed by atoms with E-state index in [1.165, 1.54) is 12.8 Å². The van der Waals surface area contributed by atoms with Crippen LogP contribution in [0.25, 0.3) is 0 Å². The Hall–Kier alpha value is -0.640. The van der Waals surface area contributed by atoms with Crippen molar-refractivity contribution >= 4 is 0 Å². The van der Waals surface area contributed by atoms with E-state index in [1.807, 2.05) is 0 Å². The lowest BCUT2D eigenvalue weighted by molar-refractivity contribution is -0.143. The van der Waals surface area contributed by atoms with Gasteiger partial charge in [-0.15, -0.1) is 0 Å². The van der Waals surface area contributed by atoms with Gasteiger partial charge in [-0.05, 0) is 61.9 Å². The molecule has 0 aliphatic heterocycles. The monoisotopic (exact) mass is 320 g/mol. The summed E-state index contributed by atoms with van der Waals surface area (Å²) in [6, 6.07) is 0. The van der Waals surface area contributed by atoms with Gasteiger partial charge in [-0.1, -0.05) is 39.0 Å². The predicted octanol–water partition coefficient (Wildman–Crippen LogP) is 2.91. The summed E-state index contributed by atoms with van der Waals surface area (Å²) >= 11 is 0. The summed E-state index contributed by atoms with van der Waals surface area (Å²) in [5.74, 6) is 2.64. The van der Waals surface area contributed by atoms with Crippen LogP contribution < -0.4 is 0 Å². The third kappa shape index (κ3) is 2.52. The minimum absolute atomic E-state index is 0.00270. The molecule has 0 saturated heterocycles. The number of aliphatic hydroxyl groups excluding tert-OH is 2. The van der Waals surface area contributed by atoms with Crippen LogP contribution in [0, 0.1) is 35.0 Å². The Morgan fingerprint density at radius 1 is 1.35 bits per heavy atom. The van der Waals surface area contributed by atoms with Crippen LogP contribution in [0.3, 0.4) is 0 Å². The van der Waals surface area contributed by atoms with Crippen molar-refractivity contribution in [2.24, 2.45) is 35.0 Å². The maximum Gasteiger partial charge on any atom is 0.0933 e. The van der Waals surface area contributed by atoms with Crippen LogP contribution >= 0.6 is 0 Å². The van der Waals surface area contributed by atoms with Crippen molar-refractivity contribution in [3.8, 4) is 0 Å². The molecule has 0 radical (unpaired) electrons. The first-order valence-corrected chi connectivity index (χ1v) is 9.04. The van der Waals surface area contributed by atoms with Gasteiger partial charge in [0, 0.05) is 5.41 Å². The van der Waals surface area contributed by atoms with Crippen molar-refractivity contribution in [1.29, 1.82) is 0 Å². The molecule has 8 atom stereocenters. The van der Waals surface area contributed by atoms with Crippen LogP contribution in [-0.4, -0.2) is 33.1 Å². The van der Waals surface area contributed by atoms with Gasteiger partial charge in [-0.3, -0.25) is 0 Å². The molecular formula is C20H32O3. The highest BCUT2D eigenvalue weighted by Gasteiger charge is 2.70. The molecule has 0 heterocycles. The van der Waals surface area contributed by atoms with Gasteiger partial charge in [0.05, 0.1) is 17.8 Å². The minimum Gasteiger partial charge on any atom is -0.393 e. The fourth-order valence-corrected chi connectivity index (χ4v) is 5.96. The number of rotatable bonds is 4. The van der Waals surface area contributed by atoms with E-state index in [0.29, 0.717) is 30.1 Å². The van der Waals surface area contributed by atoms with Crippen molar-refractivity contribution in [1.82, 2.24) is 0 Å². The SMILES string of the molecule is C=C([C@H](O)/C=C/C(C)(C)O)[C@@H]1C[C@@H](O)[C@@]2(C)[C@@H]1[C@@H]1[C@H](C)CC[C@@H]12. The molecule has 130 valence electrons. The molecule has 0 amide bonds. The van der Waals surface area contributed by atoms with Gasteiger partial charge in [0.25, 0.3) is 0 Å². The molecule has 0 spiro atoms. The highest BCUT2D eigenvalue weighted by atomic mass is 16.3. The second-order valence-electron chi connectivity index (χ2n) is 9.02. The highest BCUT2D eigenvalue weighted by molar-refractivity contribution is 5.27. The smallest absolute Gasteiger partial charge is 0.0933 e. The fraction of sp³-hybridized carbons (Fsp3) is 0.800. The van der Waals surface area contributed by atoms with Gasteiger partial charge >= 0.3 is 0 Å². The molecule has 3 heteroatoms. The van der Waals surface area contributed by atoms with Crippen LogP contribution in [0.15, 0.2) is 24.3 Å². The van der Waals surface area contributed by atoms with Crippen molar-refractivity contribution in [2.45, 2.75) is 64.8 Å². The van der Waals surface area contributed by atoms with Crippen LogP contribution in [0.2, 0.25) is 0 Å². The third-order valence-electron chi connectivity index (χ3n) is 7.16. The molecule has 3 fully saturated rings. The van der Waals surface area contributed by atoms with E-state index in [9.17, 15) is 15.3 Å². The average Bonchev–Trinajstić information content (AvgIpc) is 2.88. The van der Waals surface area contributed by atoms with E-state index in [4.69, 9.17) is 0 Å². The average molecular weight is 320 g/mol. The van der Waals surface area contributed by atoms with Gasteiger partial charge < -0.3 is 15.3 Å². The molecule has 0 bridgehead atoms. The van der Waals surface area contributed by atoms with Crippen molar-refractivity contribution in [2.75, 3.05) is 0 Å². The number of hydrogen-bond acceptors (Lipinski definition) is 3. The summed E-state index contributed by atoms with van der Waals surface area (Å²) in [7, 11) is 0. The van der Waals surface area contributed by atoms with Gasteiger partial charge in [-0.25, -0.2) is 0 Å². The molecule has 3 aliphatic rings. The van der Waals surface area contributed by atoms with Gasteiger partial charge in [0.1, 0.15) is 0 Å². The zero-order chi connectivity index (χ0) is 17.2. The molecule has 0 aromatic carbocycles. The Morgan fingerprint density at radius 3 is 2.61 bits per heavy atom. The molecule has 0 aromatic rings. The van der Waals surface area contributed by atoms with Crippen molar-refractivity contribution < 1.29 is 15.3 Å². The van der Waals surface area contributed by atoms with E-state index in [-0.39, 0.29) is 17.4 Å². The van der Waals surface area contributed by atoms with E-state index in [2.05, 4.69) is 20.4 Å². The largest absolute Gasteiger partial charge is 0.393 e.